The van der Waals surface area contributed by atoms with Crippen LogP contribution in [-0.2, 0) is 17.8 Å². The van der Waals surface area contributed by atoms with Crippen LogP contribution >= 0.6 is 22.7 Å². The number of carbonyl (C=O) groups excluding carboxylic acids is 1. The Bertz CT molecular complexity index is 935. The van der Waals surface area contributed by atoms with Crippen molar-refractivity contribution >= 4 is 39.4 Å². The van der Waals surface area contributed by atoms with E-state index in [4.69, 9.17) is 4.98 Å². The quantitative estimate of drug-likeness (QED) is 0.515. The lowest BCUT2D eigenvalue weighted by atomic mass is 10.1. The first-order valence-electron chi connectivity index (χ1n) is 9.77. The monoisotopic (exact) mass is 411 g/mol. The molecule has 2 aromatic heterocycles. The van der Waals surface area contributed by atoms with Gasteiger partial charge in [0.1, 0.15) is 0 Å². The Morgan fingerprint density at radius 2 is 2.11 bits per heavy atom. The predicted octanol–water partition coefficient (Wildman–Crippen LogP) is 5.79. The van der Waals surface area contributed by atoms with Crippen molar-refractivity contribution < 1.29 is 4.79 Å². The van der Waals surface area contributed by atoms with Crippen molar-refractivity contribution in [3.8, 4) is 0 Å². The molecule has 1 aromatic carbocycles. The molecule has 3 aromatic rings. The molecule has 0 spiro atoms. The second kappa shape index (κ2) is 8.55. The third kappa shape index (κ3) is 3.90. The van der Waals surface area contributed by atoms with Crippen LogP contribution in [0.1, 0.15) is 48.9 Å². The number of carbonyl (C=O) groups is 1. The van der Waals surface area contributed by atoms with Crippen LogP contribution in [0.5, 0.6) is 0 Å². The molecule has 0 bridgehead atoms. The van der Waals surface area contributed by atoms with E-state index < -0.39 is 0 Å². The second-order valence-electron chi connectivity index (χ2n) is 7.10. The fourth-order valence-electron chi connectivity index (χ4n) is 3.93. The number of rotatable bonds is 6. The zero-order valence-electron chi connectivity index (χ0n) is 16.3. The van der Waals surface area contributed by atoms with Gasteiger partial charge >= 0.3 is 0 Å². The number of likely N-dealkylation sites (tertiary alicyclic amines) is 1. The Kier molecular flexibility index (Phi) is 5.90. The maximum atomic E-state index is 12.5. The maximum absolute atomic E-state index is 12.5. The summed E-state index contributed by atoms with van der Waals surface area (Å²) in [5, 5.41) is 5.02. The summed E-state index contributed by atoms with van der Waals surface area (Å²) in [6.45, 7) is 5.66. The van der Waals surface area contributed by atoms with Gasteiger partial charge in [0.25, 0.3) is 0 Å². The van der Waals surface area contributed by atoms with Crippen LogP contribution in [0.25, 0.3) is 0 Å². The van der Waals surface area contributed by atoms with Gasteiger partial charge in [0, 0.05) is 29.8 Å². The van der Waals surface area contributed by atoms with E-state index in [1.165, 1.54) is 17.7 Å². The van der Waals surface area contributed by atoms with Crippen LogP contribution in [0.4, 0.5) is 10.8 Å². The number of nitrogens with zero attached hydrogens (tertiary/aromatic N) is 3. The van der Waals surface area contributed by atoms with E-state index in [1.54, 1.807) is 23.2 Å². The largest absolute Gasteiger partial charge is 0.290 e. The molecule has 1 saturated heterocycles. The van der Waals surface area contributed by atoms with Crippen molar-refractivity contribution in [2.45, 2.75) is 45.7 Å². The van der Waals surface area contributed by atoms with Crippen LogP contribution in [0.3, 0.4) is 0 Å². The summed E-state index contributed by atoms with van der Waals surface area (Å²) >= 11 is 3.39. The molecule has 1 atom stereocenters. The molecular formula is C22H25N3OS2. The summed E-state index contributed by atoms with van der Waals surface area (Å²) < 4.78 is 0. The number of benzene rings is 1. The van der Waals surface area contributed by atoms with E-state index >= 15 is 0 Å². The lowest BCUT2D eigenvalue weighted by Gasteiger charge is -2.23. The molecule has 1 unspecified atom stereocenters. The molecule has 3 heterocycles. The number of amides is 1. The summed E-state index contributed by atoms with van der Waals surface area (Å²) in [6, 6.07) is 13.0. The van der Waals surface area contributed by atoms with E-state index in [2.05, 4.69) is 40.8 Å². The number of thiazole rings is 1. The lowest BCUT2D eigenvalue weighted by molar-refractivity contribution is -0.115. The van der Waals surface area contributed by atoms with Gasteiger partial charge in [-0.05, 0) is 48.9 Å². The minimum Gasteiger partial charge on any atom is -0.290 e. The average Bonchev–Trinajstić information content (AvgIpc) is 3.44. The first-order chi connectivity index (χ1) is 13.7. The first kappa shape index (κ1) is 19.3. The summed E-state index contributed by atoms with van der Waals surface area (Å²) in [7, 11) is 0. The van der Waals surface area contributed by atoms with Gasteiger partial charge in [-0.1, -0.05) is 31.2 Å². The number of aromatic nitrogens is 1. The standard InChI is InChI=1S/C22H25N3OS2/c1-3-17-8-4-5-9-19(17)25(16(2)26)22-23-18(15-28-22)14-24-12-6-10-20(24)21-11-7-13-27-21/h4-5,7-9,11,13,15,20H,3,6,10,12,14H2,1-2H3. The van der Waals surface area contributed by atoms with E-state index in [1.807, 2.05) is 29.5 Å². The van der Waals surface area contributed by atoms with E-state index in [-0.39, 0.29) is 5.91 Å². The van der Waals surface area contributed by atoms with Gasteiger partial charge < -0.3 is 0 Å². The van der Waals surface area contributed by atoms with Crippen molar-refractivity contribution in [1.82, 2.24) is 9.88 Å². The van der Waals surface area contributed by atoms with Gasteiger partial charge in [-0.25, -0.2) is 4.98 Å². The van der Waals surface area contributed by atoms with Gasteiger partial charge in [0.15, 0.2) is 5.13 Å². The number of anilines is 2. The van der Waals surface area contributed by atoms with Crippen molar-refractivity contribution in [2.24, 2.45) is 0 Å². The summed E-state index contributed by atoms with van der Waals surface area (Å²) in [4.78, 5) is 23.0. The molecule has 1 fully saturated rings. The molecule has 6 heteroatoms. The van der Waals surface area contributed by atoms with Crippen LogP contribution < -0.4 is 4.90 Å². The molecule has 28 heavy (non-hydrogen) atoms. The minimum atomic E-state index is -0.000524. The van der Waals surface area contributed by atoms with Crippen LogP contribution in [0, 0.1) is 0 Å². The number of aryl methyl sites for hydroxylation is 1. The maximum Gasteiger partial charge on any atom is 0.230 e. The Labute approximate surface area is 174 Å². The molecule has 1 amide bonds. The number of hydrogen-bond acceptors (Lipinski definition) is 5. The third-order valence-corrected chi connectivity index (χ3v) is 7.11. The topological polar surface area (TPSA) is 36.4 Å². The van der Waals surface area contributed by atoms with Crippen LogP contribution in [0.2, 0.25) is 0 Å². The van der Waals surface area contributed by atoms with Crippen LogP contribution in [-0.4, -0.2) is 22.3 Å². The molecule has 4 rings (SSSR count). The van der Waals surface area contributed by atoms with Gasteiger partial charge in [-0.3, -0.25) is 14.6 Å². The van der Waals surface area contributed by atoms with Gasteiger partial charge in [-0.2, -0.15) is 0 Å². The molecule has 146 valence electrons. The Hall–Kier alpha value is -2.02. The summed E-state index contributed by atoms with van der Waals surface area (Å²) in [6.07, 6.45) is 3.32. The zero-order chi connectivity index (χ0) is 19.5. The van der Waals surface area contributed by atoms with Gasteiger partial charge in [0.2, 0.25) is 5.91 Å². The number of hydrogen-bond donors (Lipinski definition) is 0. The smallest absolute Gasteiger partial charge is 0.230 e. The molecule has 0 aliphatic carbocycles. The zero-order valence-corrected chi connectivity index (χ0v) is 17.9. The summed E-state index contributed by atoms with van der Waals surface area (Å²) in [5.74, 6) is -0.000524. The minimum absolute atomic E-state index is 0.000524. The second-order valence-corrected chi connectivity index (χ2v) is 8.92. The van der Waals surface area contributed by atoms with Gasteiger partial charge in [-0.15, -0.1) is 22.7 Å². The number of para-hydroxylation sites is 1. The Balaban J connectivity index is 1.56. The fourth-order valence-corrected chi connectivity index (χ4v) is 5.70. The highest BCUT2D eigenvalue weighted by Gasteiger charge is 2.28. The summed E-state index contributed by atoms with van der Waals surface area (Å²) in [5.41, 5.74) is 3.14. The highest BCUT2D eigenvalue weighted by atomic mass is 32.1. The van der Waals surface area contributed by atoms with E-state index in [9.17, 15) is 4.79 Å². The highest BCUT2D eigenvalue weighted by molar-refractivity contribution is 7.14. The molecule has 1 aliphatic heterocycles. The molecular weight excluding hydrogens is 386 g/mol. The predicted molar refractivity (Wildman–Crippen MR) is 117 cm³/mol. The molecule has 4 nitrogen and oxygen atoms in total. The van der Waals surface area contributed by atoms with Crippen molar-refractivity contribution in [1.29, 1.82) is 0 Å². The highest BCUT2D eigenvalue weighted by Crippen LogP contribution is 2.37. The SMILES string of the molecule is CCc1ccccc1N(C(C)=O)c1nc(CN2CCCC2c2cccs2)cs1. The van der Waals surface area contributed by atoms with Gasteiger partial charge in [0.05, 0.1) is 11.4 Å². The molecule has 1 aliphatic rings. The van der Waals surface area contributed by atoms with E-state index in [0.29, 0.717) is 6.04 Å². The third-order valence-electron chi connectivity index (χ3n) is 5.26. The molecule has 0 N–H and O–H groups in total. The Morgan fingerprint density at radius 1 is 1.25 bits per heavy atom. The van der Waals surface area contributed by atoms with Crippen molar-refractivity contribution in [3.05, 3.63) is 63.3 Å². The first-order valence-corrected chi connectivity index (χ1v) is 11.5. The van der Waals surface area contributed by atoms with Crippen molar-refractivity contribution in [2.75, 3.05) is 11.4 Å². The molecule has 0 radical (unpaired) electrons. The Morgan fingerprint density at radius 3 is 2.86 bits per heavy atom. The van der Waals surface area contributed by atoms with E-state index in [0.717, 1.165) is 41.6 Å². The lowest BCUT2D eigenvalue weighted by Crippen LogP contribution is -2.24. The van der Waals surface area contributed by atoms with Crippen LogP contribution in [0.15, 0.2) is 47.2 Å². The normalized spacial score (nSPS) is 17.1. The fraction of sp³-hybridized carbons (Fsp3) is 0.364. The average molecular weight is 412 g/mol. The number of thiophene rings is 1. The van der Waals surface area contributed by atoms with Crippen molar-refractivity contribution in [3.63, 3.8) is 0 Å². The molecule has 0 saturated carbocycles.